The Hall–Kier alpha value is -0.730. The van der Waals surface area contributed by atoms with E-state index in [2.05, 4.69) is 26.1 Å². The van der Waals surface area contributed by atoms with Crippen LogP contribution in [0.3, 0.4) is 0 Å². The van der Waals surface area contributed by atoms with Crippen molar-refractivity contribution in [1.29, 1.82) is 0 Å². The molecule has 15 heavy (non-hydrogen) atoms. The van der Waals surface area contributed by atoms with Gasteiger partial charge in [-0.25, -0.2) is 4.79 Å². The van der Waals surface area contributed by atoms with Crippen LogP contribution in [0.4, 0.5) is 4.79 Å². The molecule has 0 bridgehead atoms. The molecule has 0 aromatic carbocycles. The van der Waals surface area contributed by atoms with Gasteiger partial charge in [0.2, 0.25) is 0 Å². The van der Waals surface area contributed by atoms with Gasteiger partial charge < -0.3 is 10.1 Å². The largest absolute Gasteiger partial charge is 0.447 e. The van der Waals surface area contributed by atoms with E-state index in [1.165, 1.54) is 0 Å². The third kappa shape index (κ3) is 8.28. The summed E-state index contributed by atoms with van der Waals surface area (Å²) in [4.78, 5) is 11.4. The van der Waals surface area contributed by atoms with Gasteiger partial charge in [0.05, 0.1) is 6.10 Å². The van der Waals surface area contributed by atoms with Crippen molar-refractivity contribution in [3.8, 4) is 0 Å². The number of hydrogen-bond acceptors (Lipinski definition) is 2. The van der Waals surface area contributed by atoms with E-state index in [0.29, 0.717) is 0 Å². The van der Waals surface area contributed by atoms with Crippen LogP contribution in [0.5, 0.6) is 0 Å². The van der Waals surface area contributed by atoms with Crippen molar-refractivity contribution < 1.29 is 9.53 Å². The second kappa shape index (κ2) is 4.86. The lowest BCUT2D eigenvalue weighted by molar-refractivity contribution is 0.102. The molecule has 0 heterocycles. The number of ether oxygens (including phenoxy) is 1. The van der Waals surface area contributed by atoms with Crippen LogP contribution >= 0.6 is 0 Å². The maximum absolute atomic E-state index is 11.4. The summed E-state index contributed by atoms with van der Waals surface area (Å²) in [5.41, 5.74) is -0.0428. The molecule has 0 aliphatic rings. The van der Waals surface area contributed by atoms with Gasteiger partial charge in [-0.15, -0.1) is 0 Å². The van der Waals surface area contributed by atoms with Crippen LogP contribution in [0.1, 0.15) is 54.9 Å². The standard InChI is InChI=1S/C12H25NO2/c1-9(2)15-10(14)13-12(6,7)8-11(3,4)5/h9H,8H2,1-7H3,(H,13,14). The van der Waals surface area contributed by atoms with Gasteiger partial charge in [0, 0.05) is 5.54 Å². The molecule has 3 nitrogen and oxygen atoms in total. The number of rotatable bonds is 3. The first-order valence-corrected chi connectivity index (χ1v) is 5.51. The Kier molecular flexibility index (Phi) is 4.63. The van der Waals surface area contributed by atoms with E-state index in [4.69, 9.17) is 4.74 Å². The van der Waals surface area contributed by atoms with E-state index in [1.807, 2.05) is 27.7 Å². The molecule has 0 aromatic heterocycles. The average molecular weight is 215 g/mol. The number of hydrogen-bond donors (Lipinski definition) is 1. The Morgan fingerprint density at radius 3 is 2.00 bits per heavy atom. The van der Waals surface area contributed by atoms with E-state index >= 15 is 0 Å². The molecule has 0 radical (unpaired) electrons. The first kappa shape index (κ1) is 14.3. The zero-order chi connectivity index (χ0) is 12.3. The molecule has 0 rings (SSSR count). The first-order valence-electron chi connectivity index (χ1n) is 5.51. The molecule has 0 saturated carbocycles. The topological polar surface area (TPSA) is 38.3 Å². The monoisotopic (exact) mass is 215 g/mol. The quantitative estimate of drug-likeness (QED) is 0.784. The summed E-state index contributed by atoms with van der Waals surface area (Å²) in [5, 5.41) is 2.88. The Balaban J connectivity index is 4.19. The summed E-state index contributed by atoms with van der Waals surface area (Å²) in [7, 11) is 0. The smallest absolute Gasteiger partial charge is 0.407 e. The maximum atomic E-state index is 11.4. The van der Waals surface area contributed by atoms with Gasteiger partial charge in [-0.3, -0.25) is 0 Å². The number of nitrogens with one attached hydrogen (secondary N) is 1. The van der Waals surface area contributed by atoms with Crippen molar-refractivity contribution in [2.45, 2.75) is 66.5 Å². The van der Waals surface area contributed by atoms with Gasteiger partial charge >= 0.3 is 6.09 Å². The molecule has 0 saturated heterocycles. The maximum Gasteiger partial charge on any atom is 0.407 e. The Morgan fingerprint density at radius 2 is 1.67 bits per heavy atom. The molecule has 1 N–H and O–H groups in total. The second-order valence-electron chi connectivity index (χ2n) is 6.20. The fraction of sp³-hybridized carbons (Fsp3) is 0.917. The lowest BCUT2D eigenvalue weighted by Crippen LogP contribution is -2.46. The van der Waals surface area contributed by atoms with Crippen molar-refractivity contribution in [3.05, 3.63) is 0 Å². The molecule has 0 aliphatic carbocycles. The highest BCUT2D eigenvalue weighted by Gasteiger charge is 2.27. The van der Waals surface area contributed by atoms with Crippen LogP contribution in [0.2, 0.25) is 0 Å². The average Bonchev–Trinajstić information content (AvgIpc) is 1.73. The predicted octanol–water partition coefficient (Wildman–Crippen LogP) is 3.34. The molecule has 0 fully saturated rings. The summed E-state index contributed by atoms with van der Waals surface area (Å²) in [6.45, 7) is 14.2. The highest BCUT2D eigenvalue weighted by atomic mass is 16.6. The van der Waals surface area contributed by atoms with E-state index < -0.39 is 0 Å². The van der Waals surface area contributed by atoms with Crippen molar-refractivity contribution in [2.75, 3.05) is 0 Å². The summed E-state index contributed by atoms with van der Waals surface area (Å²) in [6.07, 6.45) is 0.502. The van der Waals surface area contributed by atoms with Crippen LogP contribution in [-0.4, -0.2) is 17.7 Å². The van der Waals surface area contributed by atoms with Gasteiger partial charge in [-0.2, -0.15) is 0 Å². The van der Waals surface area contributed by atoms with Crippen LogP contribution < -0.4 is 5.32 Å². The predicted molar refractivity (Wildman–Crippen MR) is 62.9 cm³/mol. The third-order valence-electron chi connectivity index (χ3n) is 1.76. The van der Waals surface area contributed by atoms with E-state index in [9.17, 15) is 4.79 Å². The Labute approximate surface area is 93.6 Å². The lowest BCUT2D eigenvalue weighted by atomic mass is 9.82. The van der Waals surface area contributed by atoms with Crippen LogP contribution in [0.25, 0.3) is 0 Å². The molecular formula is C12H25NO2. The summed E-state index contributed by atoms with van der Waals surface area (Å²) in [5.74, 6) is 0. The third-order valence-corrected chi connectivity index (χ3v) is 1.76. The zero-order valence-corrected chi connectivity index (χ0v) is 11.1. The number of carbonyl (C=O) groups is 1. The minimum absolute atomic E-state index is 0.0737. The van der Waals surface area contributed by atoms with Crippen molar-refractivity contribution in [1.82, 2.24) is 5.32 Å². The highest BCUT2D eigenvalue weighted by molar-refractivity contribution is 5.68. The fourth-order valence-electron chi connectivity index (χ4n) is 1.89. The SMILES string of the molecule is CC(C)OC(=O)NC(C)(C)CC(C)(C)C. The number of amides is 1. The van der Waals surface area contributed by atoms with E-state index in [1.54, 1.807) is 0 Å². The lowest BCUT2D eigenvalue weighted by Gasteiger charge is -2.33. The van der Waals surface area contributed by atoms with Gasteiger partial charge in [0.1, 0.15) is 0 Å². The van der Waals surface area contributed by atoms with Gasteiger partial charge in [-0.1, -0.05) is 20.8 Å². The number of carbonyl (C=O) groups excluding carboxylic acids is 1. The van der Waals surface area contributed by atoms with Gasteiger partial charge in [0.15, 0.2) is 0 Å². The highest BCUT2D eigenvalue weighted by Crippen LogP contribution is 2.26. The zero-order valence-electron chi connectivity index (χ0n) is 11.1. The molecule has 0 atom stereocenters. The summed E-state index contributed by atoms with van der Waals surface area (Å²) < 4.78 is 5.05. The molecule has 3 heteroatoms. The van der Waals surface area contributed by atoms with Gasteiger partial charge in [-0.05, 0) is 39.5 Å². The minimum Gasteiger partial charge on any atom is -0.447 e. The molecule has 0 aliphatic heterocycles. The normalized spacial score (nSPS) is 12.8. The molecule has 0 aromatic rings. The second-order valence-corrected chi connectivity index (χ2v) is 6.20. The Bertz CT molecular complexity index is 214. The van der Waals surface area contributed by atoms with Crippen molar-refractivity contribution >= 4 is 6.09 Å². The van der Waals surface area contributed by atoms with Crippen molar-refractivity contribution in [3.63, 3.8) is 0 Å². The number of alkyl carbamates (subject to hydrolysis) is 1. The Morgan fingerprint density at radius 1 is 1.20 bits per heavy atom. The van der Waals surface area contributed by atoms with Crippen molar-refractivity contribution in [2.24, 2.45) is 5.41 Å². The summed E-state index contributed by atoms with van der Waals surface area (Å²) >= 11 is 0. The molecule has 0 spiro atoms. The molecular weight excluding hydrogens is 190 g/mol. The fourth-order valence-corrected chi connectivity index (χ4v) is 1.89. The molecule has 0 unspecified atom stereocenters. The summed E-state index contributed by atoms with van der Waals surface area (Å²) in [6, 6.07) is 0. The van der Waals surface area contributed by atoms with Crippen LogP contribution in [0, 0.1) is 5.41 Å². The molecule has 90 valence electrons. The van der Waals surface area contributed by atoms with Crippen LogP contribution in [0.15, 0.2) is 0 Å². The van der Waals surface area contributed by atoms with Crippen LogP contribution in [-0.2, 0) is 4.74 Å². The van der Waals surface area contributed by atoms with E-state index in [-0.39, 0.29) is 23.2 Å². The molecule has 1 amide bonds. The van der Waals surface area contributed by atoms with Gasteiger partial charge in [0.25, 0.3) is 0 Å². The first-order chi connectivity index (χ1) is 6.52. The van der Waals surface area contributed by atoms with E-state index in [0.717, 1.165) is 6.42 Å². The minimum atomic E-state index is -0.334.